The Morgan fingerprint density at radius 1 is 1.33 bits per heavy atom. The van der Waals surface area contributed by atoms with Crippen molar-refractivity contribution in [2.75, 3.05) is 0 Å². The number of ketones is 1. The summed E-state index contributed by atoms with van der Waals surface area (Å²) >= 11 is 3.37. The highest BCUT2D eigenvalue weighted by Gasteiger charge is 2.09. The fourth-order valence-electron chi connectivity index (χ4n) is 1.50. The zero-order chi connectivity index (χ0) is 13.3. The first kappa shape index (κ1) is 12.5. The number of hydrogen-bond acceptors (Lipinski definition) is 3. The van der Waals surface area contributed by atoms with Crippen LogP contribution in [0.15, 0.2) is 34.9 Å². The van der Waals surface area contributed by atoms with E-state index in [4.69, 9.17) is 5.73 Å². The van der Waals surface area contributed by atoms with E-state index in [1.807, 2.05) is 0 Å². The SMILES string of the molecule is CC(=O)c1ccc(-n2ccc(C(N)=O)n2)c(Br)c1. The van der Waals surface area contributed by atoms with Crippen molar-refractivity contribution in [3.63, 3.8) is 0 Å². The van der Waals surface area contributed by atoms with Crippen LogP contribution < -0.4 is 5.73 Å². The van der Waals surface area contributed by atoms with Gasteiger partial charge in [0.15, 0.2) is 5.78 Å². The predicted molar refractivity (Wildman–Crippen MR) is 69.8 cm³/mol. The van der Waals surface area contributed by atoms with E-state index in [0.717, 1.165) is 5.69 Å². The quantitative estimate of drug-likeness (QED) is 0.880. The fraction of sp³-hybridized carbons (Fsp3) is 0.0833. The maximum absolute atomic E-state index is 11.2. The highest BCUT2D eigenvalue weighted by atomic mass is 79.9. The van der Waals surface area contributed by atoms with Gasteiger partial charge in [-0.2, -0.15) is 5.10 Å². The normalized spacial score (nSPS) is 10.3. The summed E-state index contributed by atoms with van der Waals surface area (Å²) in [6, 6.07) is 6.70. The van der Waals surface area contributed by atoms with E-state index in [-0.39, 0.29) is 11.5 Å². The number of nitrogens with two attached hydrogens (primary N) is 1. The topological polar surface area (TPSA) is 78.0 Å². The van der Waals surface area contributed by atoms with Crippen LogP contribution >= 0.6 is 15.9 Å². The lowest BCUT2D eigenvalue weighted by Crippen LogP contribution is -2.12. The summed E-state index contributed by atoms with van der Waals surface area (Å²) in [7, 11) is 0. The molecule has 0 radical (unpaired) electrons. The largest absolute Gasteiger partial charge is 0.364 e. The Labute approximate surface area is 112 Å². The predicted octanol–water partition coefficient (Wildman–Crippen LogP) is 1.94. The number of carbonyl (C=O) groups excluding carboxylic acids is 2. The molecule has 0 aliphatic heterocycles. The van der Waals surface area contributed by atoms with Crippen LogP contribution in [0.5, 0.6) is 0 Å². The number of hydrogen-bond donors (Lipinski definition) is 1. The summed E-state index contributed by atoms with van der Waals surface area (Å²) in [5.41, 5.74) is 6.66. The molecule has 0 aliphatic carbocycles. The molecule has 0 aliphatic rings. The summed E-state index contributed by atoms with van der Waals surface area (Å²) in [6.07, 6.45) is 1.63. The first-order valence-electron chi connectivity index (χ1n) is 5.15. The van der Waals surface area contributed by atoms with Crippen LogP contribution in [0.4, 0.5) is 0 Å². The van der Waals surface area contributed by atoms with Crippen molar-refractivity contribution in [3.8, 4) is 5.69 Å². The molecule has 1 aromatic heterocycles. The third-order valence-electron chi connectivity index (χ3n) is 2.44. The number of halogens is 1. The molecule has 6 heteroatoms. The van der Waals surface area contributed by atoms with Gasteiger partial charge >= 0.3 is 0 Å². The number of benzene rings is 1. The van der Waals surface area contributed by atoms with Gasteiger partial charge in [0, 0.05) is 16.2 Å². The molecule has 0 bridgehead atoms. The number of Topliss-reactive ketones (excluding diaryl/α,β-unsaturated/α-hetero) is 1. The molecule has 0 atom stereocenters. The first-order valence-corrected chi connectivity index (χ1v) is 5.94. The molecule has 18 heavy (non-hydrogen) atoms. The van der Waals surface area contributed by atoms with Crippen molar-refractivity contribution < 1.29 is 9.59 Å². The van der Waals surface area contributed by atoms with Crippen LogP contribution in [0.3, 0.4) is 0 Å². The second kappa shape index (κ2) is 4.73. The number of aromatic nitrogens is 2. The number of rotatable bonds is 3. The van der Waals surface area contributed by atoms with Crippen molar-refractivity contribution in [2.24, 2.45) is 5.73 Å². The van der Waals surface area contributed by atoms with Crippen molar-refractivity contribution in [1.82, 2.24) is 9.78 Å². The second-order valence-electron chi connectivity index (χ2n) is 3.73. The van der Waals surface area contributed by atoms with Gasteiger partial charge in [-0.3, -0.25) is 9.59 Å². The van der Waals surface area contributed by atoms with E-state index in [1.54, 1.807) is 24.4 Å². The van der Waals surface area contributed by atoms with Crippen LogP contribution in [0.1, 0.15) is 27.8 Å². The molecule has 2 rings (SSSR count). The molecule has 1 amide bonds. The summed E-state index contributed by atoms with van der Waals surface area (Å²) < 4.78 is 2.24. The maximum atomic E-state index is 11.2. The van der Waals surface area contributed by atoms with Crippen LogP contribution in [-0.4, -0.2) is 21.5 Å². The molecule has 0 unspecified atom stereocenters. The second-order valence-corrected chi connectivity index (χ2v) is 4.59. The van der Waals surface area contributed by atoms with E-state index < -0.39 is 5.91 Å². The molecule has 0 spiro atoms. The molecule has 0 saturated heterocycles. The lowest BCUT2D eigenvalue weighted by Gasteiger charge is -2.05. The first-order chi connectivity index (χ1) is 8.49. The Balaban J connectivity index is 2.44. The Morgan fingerprint density at radius 2 is 2.06 bits per heavy atom. The average molecular weight is 308 g/mol. The van der Waals surface area contributed by atoms with Gasteiger partial charge in [-0.05, 0) is 47.1 Å². The minimum atomic E-state index is -0.578. The molecule has 2 aromatic rings. The van der Waals surface area contributed by atoms with E-state index in [0.29, 0.717) is 10.0 Å². The lowest BCUT2D eigenvalue weighted by atomic mass is 10.1. The molecule has 1 heterocycles. The maximum Gasteiger partial charge on any atom is 0.269 e. The smallest absolute Gasteiger partial charge is 0.269 e. The molecule has 92 valence electrons. The summed E-state index contributed by atoms with van der Waals surface area (Å²) in [6.45, 7) is 1.50. The summed E-state index contributed by atoms with van der Waals surface area (Å²) in [4.78, 5) is 22.2. The van der Waals surface area contributed by atoms with Gasteiger partial charge in [-0.25, -0.2) is 4.68 Å². The van der Waals surface area contributed by atoms with Crippen LogP contribution in [0.2, 0.25) is 0 Å². The molecular formula is C12H10BrN3O2. The Kier molecular flexibility index (Phi) is 3.29. The van der Waals surface area contributed by atoms with Gasteiger partial charge in [-0.1, -0.05) is 0 Å². The van der Waals surface area contributed by atoms with E-state index in [1.165, 1.54) is 17.7 Å². The van der Waals surface area contributed by atoms with Gasteiger partial charge in [0.1, 0.15) is 5.69 Å². The lowest BCUT2D eigenvalue weighted by molar-refractivity contribution is 0.0992. The van der Waals surface area contributed by atoms with E-state index in [2.05, 4.69) is 21.0 Å². The van der Waals surface area contributed by atoms with Crippen molar-refractivity contribution in [3.05, 3.63) is 46.2 Å². The van der Waals surface area contributed by atoms with Gasteiger partial charge in [0.05, 0.1) is 5.69 Å². The summed E-state index contributed by atoms with van der Waals surface area (Å²) in [5.74, 6) is -0.592. The van der Waals surface area contributed by atoms with E-state index in [9.17, 15) is 9.59 Å². The number of primary amides is 1. The standard InChI is InChI=1S/C12H10BrN3O2/c1-7(17)8-2-3-11(9(13)6-8)16-5-4-10(15-16)12(14)18/h2-6H,1H3,(H2,14,18). The molecule has 0 fully saturated rings. The fourth-order valence-corrected chi connectivity index (χ4v) is 2.06. The highest BCUT2D eigenvalue weighted by molar-refractivity contribution is 9.10. The molecule has 5 nitrogen and oxygen atoms in total. The highest BCUT2D eigenvalue weighted by Crippen LogP contribution is 2.22. The molecule has 2 N–H and O–H groups in total. The third-order valence-corrected chi connectivity index (χ3v) is 3.08. The minimum absolute atomic E-state index is 0.0134. The van der Waals surface area contributed by atoms with Crippen LogP contribution in [0, 0.1) is 0 Å². The average Bonchev–Trinajstić information content (AvgIpc) is 2.78. The van der Waals surface area contributed by atoms with Gasteiger partial charge in [0.25, 0.3) is 5.91 Å². The van der Waals surface area contributed by atoms with Gasteiger partial charge in [0.2, 0.25) is 0 Å². The molecule has 1 aromatic carbocycles. The van der Waals surface area contributed by atoms with Gasteiger partial charge in [-0.15, -0.1) is 0 Å². The number of carbonyl (C=O) groups is 2. The molecule has 0 saturated carbocycles. The van der Waals surface area contributed by atoms with E-state index >= 15 is 0 Å². The zero-order valence-electron chi connectivity index (χ0n) is 9.55. The summed E-state index contributed by atoms with van der Waals surface area (Å²) in [5, 5.41) is 4.04. The number of nitrogens with zero attached hydrogens (tertiary/aromatic N) is 2. The Morgan fingerprint density at radius 3 is 2.56 bits per heavy atom. The van der Waals surface area contributed by atoms with Crippen LogP contribution in [-0.2, 0) is 0 Å². The molecular weight excluding hydrogens is 298 g/mol. The van der Waals surface area contributed by atoms with Crippen molar-refractivity contribution in [2.45, 2.75) is 6.92 Å². The minimum Gasteiger partial charge on any atom is -0.364 e. The monoisotopic (exact) mass is 307 g/mol. The number of amides is 1. The van der Waals surface area contributed by atoms with Crippen molar-refractivity contribution >= 4 is 27.6 Å². The van der Waals surface area contributed by atoms with Crippen LogP contribution in [0.25, 0.3) is 5.69 Å². The Bertz CT molecular complexity index is 634. The van der Waals surface area contributed by atoms with Crippen molar-refractivity contribution in [1.29, 1.82) is 0 Å². The Hall–Kier alpha value is -1.95. The zero-order valence-corrected chi connectivity index (χ0v) is 11.1. The van der Waals surface area contributed by atoms with Gasteiger partial charge < -0.3 is 5.73 Å². The third kappa shape index (κ3) is 2.33.